The van der Waals surface area contributed by atoms with Gasteiger partial charge in [0.05, 0.1) is 27.5 Å². The number of amides is 1. The van der Waals surface area contributed by atoms with E-state index in [-0.39, 0.29) is 5.56 Å². The molecule has 0 saturated carbocycles. The van der Waals surface area contributed by atoms with Crippen molar-refractivity contribution in [1.29, 1.82) is 0 Å². The van der Waals surface area contributed by atoms with Gasteiger partial charge >= 0.3 is 6.18 Å². The first kappa shape index (κ1) is 20.6. The number of hydrogen-bond acceptors (Lipinski definition) is 3. The van der Waals surface area contributed by atoms with Gasteiger partial charge in [0, 0.05) is 22.8 Å². The fraction of sp³-hybridized carbons (Fsp3) is 0.0455. The van der Waals surface area contributed by atoms with Crippen molar-refractivity contribution in [3.05, 3.63) is 88.3 Å². The quantitative estimate of drug-likeness (QED) is 0.404. The fourth-order valence-corrected chi connectivity index (χ4v) is 3.20. The first-order chi connectivity index (χ1) is 14.8. The molecule has 0 bridgehead atoms. The Morgan fingerprint density at radius 3 is 2.65 bits per heavy atom. The lowest BCUT2D eigenvalue weighted by molar-refractivity contribution is -0.137. The molecule has 1 amide bonds. The van der Waals surface area contributed by atoms with Crippen LogP contribution in [0.15, 0.2) is 60.8 Å². The third kappa shape index (κ3) is 4.59. The molecule has 0 radical (unpaired) electrons. The van der Waals surface area contributed by atoms with Crippen molar-refractivity contribution in [3.63, 3.8) is 0 Å². The number of H-pyrrole nitrogens is 1. The second kappa shape index (κ2) is 8.23. The maximum Gasteiger partial charge on any atom is 0.417 e. The minimum atomic E-state index is -4.65. The lowest BCUT2D eigenvalue weighted by Crippen LogP contribution is -2.14. The van der Waals surface area contributed by atoms with Crippen molar-refractivity contribution in [2.75, 3.05) is 5.32 Å². The summed E-state index contributed by atoms with van der Waals surface area (Å²) in [5.41, 5.74) is 1.32. The van der Waals surface area contributed by atoms with Crippen LogP contribution < -0.4 is 5.32 Å². The first-order valence-electron chi connectivity index (χ1n) is 9.06. The van der Waals surface area contributed by atoms with Crippen molar-refractivity contribution in [2.24, 2.45) is 0 Å². The van der Waals surface area contributed by atoms with Gasteiger partial charge < -0.3 is 5.32 Å². The van der Waals surface area contributed by atoms with Gasteiger partial charge in [-0.15, -0.1) is 0 Å². The van der Waals surface area contributed by atoms with Crippen LogP contribution in [0.2, 0.25) is 5.02 Å². The lowest BCUT2D eigenvalue weighted by Gasteiger charge is -2.11. The predicted molar refractivity (Wildman–Crippen MR) is 114 cm³/mol. The standard InChI is InChI=1S/C22H14ClF3N4O/c23-18-8-4-13(11-17(18)22(24,25)26)21(31)28-15-5-7-16-19(29-30-20(16)12-15)9-6-14-3-1-2-10-27-14/h1-12H,(H,28,31)(H,29,30)/b9-6+. The number of hydrogen-bond donors (Lipinski definition) is 2. The molecule has 156 valence electrons. The molecule has 2 heterocycles. The molecule has 4 rings (SSSR count). The van der Waals surface area contributed by atoms with Crippen LogP contribution in [0.25, 0.3) is 23.1 Å². The van der Waals surface area contributed by atoms with Gasteiger partial charge in [0.15, 0.2) is 0 Å². The van der Waals surface area contributed by atoms with Crippen LogP contribution in [-0.4, -0.2) is 21.1 Å². The number of benzene rings is 2. The average Bonchev–Trinajstić information content (AvgIpc) is 3.14. The molecule has 0 spiro atoms. The number of alkyl halides is 3. The topological polar surface area (TPSA) is 70.7 Å². The zero-order chi connectivity index (χ0) is 22.0. The van der Waals surface area contributed by atoms with Gasteiger partial charge in [-0.3, -0.25) is 14.9 Å². The molecule has 5 nitrogen and oxygen atoms in total. The second-order valence-electron chi connectivity index (χ2n) is 6.60. The van der Waals surface area contributed by atoms with Crippen LogP contribution in [0.3, 0.4) is 0 Å². The molecular weight excluding hydrogens is 429 g/mol. The Bertz CT molecular complexity index is 1280. The van der Waals surface area contributed by atoms with Crippen LogP contribution >= 0.6 is 11.6 Å². The van der Waals surface area contributed by atoms with Crippen LogP contribution in [-0.2, 0) is 6.18 Å². The summed E-state index contributed by atoms with van der Waals surface area (Å²) in [4.78, 5) is 16.6. The van der Waals surface area contributed by atoms with Gasteiger partial charge in [-0.1, -0.05) is 17.7 Å². The average molecular weight is 443 g/mol. The summed E-state index contributed by atoms with van der Waals surface area (Å²) in [5.74, 6) is -0.684. The monoisotopic (exact) mass is 442 g/mol. The number of nitrogens with one attached hydrogen (secondary N) is 2. The van der Waals surface area contributed by atoms with Gasteiger partial charge in [0.2, 0.25) is 0 Å². The number of fused-ring (bicyclic) bond motifs is 1. The van der Waals surface area contributed by atoms with E-state index < -0.39 is 22.7 Å². The normalized spacial score (nSPS) is 11.9. The molecule has 2 aromatic carbocycles. The number of aromatic nitrogens is 3. The first-order valence-corrected chi connectivity index (χ1v) is 9.44. The van der Waals surface area contributed by atoms with E-state index in [1.807, 2.05) is 30.4 Å². The van der Waals surface area contributed by atoms with Crippen LogP contribution in [0.5, 0.6) is 0 Å². The molecule has 0 unspecified atom stereocenters. The van der Waals surface area contributed by atoms with Gasteiger partial charge in [-0.2, -0.15) is 18.3 Å². The van der Waals surface area contributed by atoms with Crippen molar-refractivity contribution >= 4 is 46.3 Å². The van der Waals surface area contributed by atoms with E-state index in [1.165, 1.54) is 6.07 Å². The van der Waals surface area contributed by atoms with Crippen molar-refractivity contribution in [3.8, 4) is 0 Å². The molecule has 0 aliphatic carbocycles. The summed E-state index contributed by atoms with van der Waals surface area (Å²) in [6.07, 6.45) is 0.674. The summed E-state index contributed by atoms with van der Waals surface area (Å²) < 4.78 is 39.1. The second-order valence-corrected chi connectivity index (χ2v) is 7.01. The van der Waals surface area contributed by atoms with Gasteiger partial charge in [0.1, 0.15) is 0 Å². The Morgan fingerprint density at radius 2 is 1.90 bits per heavy atom. The molecule has 0 atom stereocenters. The molecule has 0 aliphatic heterocycles. The number of rotatable bonds is 4. The molecule has 9 heteroatoms. The minimum Gasteiger partial charge on any atom is -0.322 e. The van der Waals surface area contributed by atoms with Crippen molar-refractivity contribution in [1.82, 2.24) is 15.2 Å². The number of nitrogens with zero attached hydrogens (tertiary/aromatic N) is 2. The number of halogens is 4. The number of anilines is 1. The summed E-state index contributed by atoms with van der Waals surface area (Å²) in [7, 11) is 0. The van der Waals surface area contributed by atoms with E-state index in [1.54, 1.807) is 24.4 Å². The summed E-state index contributed by atoms with van der Waals surface area (Å²) in [6, 6.07) is 13.6. The van der Waals surface area contributed by atoms with Crippen LogP contribution in [0.1, 0.15) is 27.3 Å². The Morgan fingerprint density at radius 1 is 1.06 bits per heavy atom. The molecule has 31 heavy (non-hydrogen) atoms. The predicted octanol–water partition coefficient (Wildman–Crippen LogP) is 6.05. The van der Waals surface area contributed by atoms with E-state index in [9.17, 15) is 18.0 Å². The highest BCUT2D eigenvalue weighted by molar-refractivity contribution is 6.31. The fourth-order valence-electron chi connectivity index (χ4n) is 2.97. The van der Waals surface area contributed by atoms with E-state index in [0.29, 0.717) is 16.9 Å². The van der Waals surface area contributed by atoms with Crippen LogP contribution in [0.4, 0.5) is 18.9 Å². The minimum absolute atomic E-state index is 0.152. The number of carbonyl (C=O) groups excluding carboxylic acids is 1. The van der Waals surface area contributed by atoms with Crippen molar-refractivity contribution in [2.45, 2.75) is 6.18 Å². The third-order valence-corrected chi connectivity index (χ3v) is 4.81. The highest BCUT2D eigenvalue weighted by Crippen LogP contribution is 2.35. The van der Waals surface area contributed by atoms with Crippen molar-refractivity contribution < 1.29 is 18.0 Å². The zero-order valence-electron chi connectivity index (χ0n) is 15.7. The molecule has 0 aliphatic rings. The number of aromatic amines is 1. The maximum atomic E-state index is 13.0. The largest absolute Gasteiger partial charge is 0.417 e. The number of pyridine rings is 1. The lowest BCUT2D eigenvalue weighted by atomic mass is 10.1. The van der Waals surface area contributed by atoms with E-state index in [2.05, 4.69) is 20.5 Å². The summed E-state index contributed by atoms with van der Waals surface area (Å²) >= 11 is 5.61. The zero-order valence-corrected chi connectivity index (χ0v) is 16.5. The van der Waals surface area contributed by atoms with E-state index >= 15 is 0 Å². The Balaban J connectivity index is 1.55. The molecule has 2 aromatic heterocycles. The Kier molecular flexibility index (Phi) is 5.48. The van der Waals surface area contributed by atoms with E-state index in [0.717, 1.165) is 23.2 Å². The molecule has 0 saturated heterocycles. The number of carbonyl (C=O) groups is 1. The van der Waals surface area contributed by atoms with Crippen LogP contribution in [0, 0.1) is 0 Å². The summed E-state index contributed by atoms with van der Waals surface area (Å²) in [5, 5.41) is 10.1. The Labute approximate surface area is 179 Å². The molecule has 4 aromatic rings. The highest BCUT2D eigenvalue weighted by atomic mass is 35.5. The summed E-state index contributed by atoms with van der Waals surface area (Å²) in [6.45, 7) is 0. The molecule has 2 N–H and O–H groups in total. The SMILES string of the molecule is O=C(Nc1ccc2c(/C=C/c3ccccn3)n[nH]c2c1)c1ccc(Cl)c(C(F)(F)F)c1. The third-order valence-electron chi connectivity index (χ3n) is 4.48. The Hall–Kier alpha value is -3.65. The van der Waals surface area contributed by atoms with Gasteiger partial charge in [-0.05, 0) is 60.7 Å². The highest BCUT2D eigenvalue weighted by Gasteiger charge is 2.33. The maximum absolute atomic E-state index is 13.0. The van der Waals surface area contributed by atoms with Gasteiger partial charge in [0.25, 0.3) is 5.91 Å². The van der Waals surface area contributed by atoms with E-state index in [4.69, 9.17) is 11.6 Å². The van der Waals surface area contributed by atoms with Gasteiger partial charge in [-0.25, -0.2) is 0 Å². The molecule has 0 fully saturated rings. The smallest absolute Gasteiger partial charge is 0.322 e. The molecular formula is C22H14ClF3N4O.